The summed E-state index contributed by atoms with van der Waals surface area (Å²) in [7, 11) is 4.08. The Balaban J connectivity index is 3.94. The molecule has 0 saturated carbocycles. The number of nitrogens with zero attached hydrogens (tertiary/aromatic N) is 3. The van der Waals surface area contributed by atoms with Gasteiger partial charge in [-0.2, -0.15) is 0 Å². The van der Waals surface area contributed by atoms with Gasteiger partial charge in [-0.25, -0.2) is 14.4 Å². The molecule has 13 heteroatoms. The number of esters is 3. The number of amides is 3. The molecule has 0 spiro atoms. The topological polar surface area (TPSA) is 160 Å². The zero-order valence-corrected chi connectivity index (χ0v) is 30.1. The molecule has 1 N–H and O–H groups in total. The van der Waals surface area contributed by atoms with Gasteiger partial charge in [-0.3, -0.25) is 14.4 Å². The summed E-state index contributed by atoms with van der Waals surface area (Å²) in [6.07, 6.45) is -5.33. The summed E-state index contributed by atoms with van der Waals surface area (Å²) in [4.78, 5) is 85.8. The molecule has 1 aliphatic rings. The van der Waals surface area contributed by atoms with Crippen LogP contribution < -0.4 is 0 Å². The van der Waals surface area contributed by atoms with Crippen molar-refractivity contribution < 1.29 is 48.1 Å². The molecular weight excluding hydrogens is 598 g/mol. The third-order valence-corrected chi connectivity index (χ3v) is 8.16. The summed E-state index contributed by atoms with van der Waals surface area (Å²) in [5.74, 6) is -7.03. The van der Waals surface area contributed by atoms with Crippen molar-refractivity contribution in [2.45, 2.75) is 125 Å². The molecule has 1 heterocycles. The average molecular weight is 656 g/mol. The van der Waals surface area contributed by atoms with Crippen LogP contribution in [0.3, 0.4) is 0 Å². The lowest BCUT2D eigenvalue weighted by molar-refractivity contribution is -0.182. The monoisotopic (exact) mass is 655 g/mol. The Labute approximate surface area is 274 Å². The second-order valence-electron chi connectivity index (χ2n) is 14.2. The maximum absolute atomic E-state index is 13.9. The van der Waals surface area contributed by atoms with Gasteiger partial charge in [0.25, 0.3) is 17.7 Å². The van der Waals surface area contributed by atoms with Gasteiger partial charge in [0.15, 0.2) is 24.4 Å². The van der Waals surface area contributed by atoms with E-state index < -0.39 is 102 Å². The molecule has 0 aromatic heterocycles. The van der Waals surface area contributed by atoms with Gasteiger partial charge in [-0.1, -0.05) is 69.2 Å². The van der Waals surface area contributed by atoms with Crippen LogP contribution in [0.5, 0.6) is 0 Å². The Morgan fingerprint density at radius 1 is 0.522 bits per heavy atom. The van der Waals surface area contributed by atoms with Crippen molar-refractivity contribution in [3.05, 3.63) is 0 Å². The predicted octanol–water partition coefficient (Wildman–Crippen LogP) is 2.27. The average Bonchev–Trinajstić information content (AvgIpc) is 2.93. The number of aliphatic hydroxyl groups is 1. The number of rotatable bonds is 7. The maximum Gasteiger partial charge on any atom is 0.332 e. The first-order valence-corrected chi connectivity index (χ1v) is 16.2. The normalized spacial score (nSPS) is 27.8. The van der Waals surface area contributed by atoms with Gasteiger partial charge in [0.05, 0.1) is 6.10 Å². The van der Waals surface area contributed by atoms with Crippen LogP contribution >= 0.6 is 0 Å². The third kappa shape index (κ3) is 9.89. The fourth-order valence-electron chi connectivity index (χ4n) is 5.45. The van der Waals surface area contributed by atoms with Gasteiger partial charge in [0, 0.05) is 21.1 Å². The van der Waals surface area contributed by atoms with Crippen molar-refractivity contribution in [1.29, 1.82) is 0 Å². The lowest BCUT2D eigenvalue weighted by atomic mass is 9.98. The smallest absolute Gasteiger partial charge is 0.332 e. The first-order valence-electron chi connectivity index (χ1n) is 16.2. The number of likely N-dealkylation sites (N-methyl/N-ethyl adjacent to an activating group) is 3. The third-order valence-electron chi connectivity index (χ3n) is 8.16. The van der Waals surface area contributed by atoms with E-state index in [1.54, 1.807) is 55.4 Å². The molecule has 7 unspecified atom stereocenters. The second-order valence-corrected chi connectivity index (χ2v) is 14.2. The highest BCUT2D eigenvalue weighted by Crippen LogP contribution is 2.24. The fraction of sp³-hybridized carbons (Fsp3) is 0.818. The highest BCUT2D eigenvalue weighted by Gasteiger charge is 2.45. The summed E-state index contributed by atoms with van der Waals surface area (Å²) in [5, 5.41) is 10.6. The van der Waals surface area contributed by atoms with Crippen LogP contribution in [-0.2, 0) is 43.0 Å². The molecule has 1 saturated heterocycles. The molecule has 13 nitrogen and oxygen atoms in total. The summed E-state index contributed by atoms with van der Waals surface area (Å²) in [5.41, 5.74) is 0. The Morgan fingerprint density at radius 2 is 0.848 bits per heavy atom. The van der Waals surface area contributed by atoms with E-state index in [0.717, 1.165) is 9.80 Å². The quantitative estimate of drug-likeness (QED) is 0.318. The number of aliphatic hydroxyl groups excluding tert-OH is 1. The molecule has 0 aromatic rings. The van der Waals surface area contributed by atoms with E-state index in [0.29, 0.717) is 0 Å². The first kappa shape index (κ1) is 40.8. The molecule has 0 aromatic carbocycles. The van der Waals surface area contributed by atoms with Crippen molar-refractivity contribution in [3.8, 4) is 0 Å². The van der Waals surface area contributed by atoms with E-state index in [9.17, 15) is 33.9 Å². The van der Waals surface area contributed by atoms with Crippen molar-refractivity contribution in [2.75, 3.05) is 21.1 Å². The SMILES string of the molecule is CC(C)CC1C(=O)OC(C(C)C)C(=O)N(C)C(C(C)O)C(=O)OC(C(C)C)C(=O)N(C)C(C(C)C)C(=O)OC(C(C)C)C(=O)N1C. The van der Waals surface area contributed by atoms with Crippen LogP contribution in [0, 0.1) is 29.6 Å². The Kier molecular flexibility index (Phi) is 15.2. The van der Waals surface area contributed by atoms with Crippen LogP contribution in [0.4, 0.5) is 0 Å². The number of carbonyl (C=O) groups is 6. The van der Waals surface area contributed by atoms with Crippen molar-refractivity contribution >= 4 is 35.6 Å². The minimum atomic E-state index is -1.56. The number of cyclic esters (lactones) is 3. The van der Waals surface area contributed by atoms with E-state index in [1.807, 2.05) is 13.8 Å². The number of hydrogen-bond donors (Lipinski definition) is 1. The number of ether oxygens (including phenoxy) is 3. The molecule has 1 rings (SSSR count). The van der Waals surface area contributed by atoms with Crippen LogP contribution in [-0.4, -0.2) is 119 Å². The van der Waals surface area contributed by atoms with Crippen molar-refractivity contribution in [2.24, 2.45) is 29.6 Å². The van der Waals surface area contributed by atoms with Gasteiger partial charge in [-0.15, -0.1) is 0 Å². The zero-order chi connectivity index (χ0) is 36.0. The Bertz CT molecular complexity index is 1090. The summed E-state index contributed by atoms with van der Waals surface area (Å²) in [6.45, 7) is 18.4. The molecule has 1 fully saturated rings. The number of carbonyl (C=O) groups excluding carboxylic acids is 6. The van der Waals surface area contributed by atoms with Crippen LogP contribution in [0.25, 0.3) is 0 Å². The standard InChI is InChI=1S/C33H57N3O10/c1-16(2)15-22-31(41)44-26(19(7)8)30(40)36(14)24(21(11)37)33(43)46-27(20(9)10)29(39)35(13)23(17(3)4)32(42)45-25(18(5)6)28(38)34(22)12/h16-27,37H,15H2,1-14H3. The Morgan fingerprint density at radius 3 is 1.17 bits per heavy atom. The van der Waals surface area contributed by atoms with Gasteiger partial charge in [0.2, 0.25) is 0 Å². The minimum absolute atomic E-state index is 0.0742. The summed E-state index contributed by atoms with van der Waals surface area (Å²) >= 11 is 0. The largest absolute Gasteiger partial charge is 0.450 e. The van der Waals surface area contributed by atoms with E-state index in [2.05, 4.69) is 0 Å². The summed E-state index contributed by atoms with van der Waals surface area (Å²) in [6, 6.07) is -3.86. The van der Waals surface area contributed by atoms with E-state index >= 15 is 0 Å². The number of hydrogen-bond acceptors (Lipinski definition) is 10. The van der Waals surface area contributed by atoms with Gasteiger partial charge in [0.1, 0.15) is 12.1 Å². The fourth-order valence-corrected chi connectivity index (χ4v) is 5.45. The van der Waals surface area contributed by atoms with Crippen molar-refractivity contribution in [3.63, 3.8) is 0 Å². The molecule has 264 valence electrons. The Hall–Kier alpha value is -3.22. The lowest BCUT2D eigenvalue weighted by Gasteiger charge is -2.38. The van der Waals surface area contributed by atoms with Crippen LogP contribution in [0.2, 0.25) is 0 Å². The van der Waals surface area contributed by atoms with Gasteiger partial charge in [-0.05, 0) is 42.9 Å². The molecule has 46 heavy (non-hydrogen) atoms. The minimum Gasteiger partial charge on any atom is -0.450 e. The molecule has 0 bridgehead atoms. The zero-order valence-electron chi connectivity index (χ0n) is 30.1. The maximum atomic E-state index is 13.9. The van der Waals surface area contributed by atoms with Gasteiger partial charge < -0.3 is 34.0 Å². The lowest BCUT2D eigenvalue weighted by Crippen LogP contribution is -2.58. The highest BCUT2D eigenvalue weighted by atomic mass is 16.6. The molecular formula is C33H57N3O10. The van der Waals surface area contributed by atoms with Crippen molar-refractivity contribution in [1.82, 2.24) is 14.7 Å². The molecule has 7 atom stereocenters. The summed E-state index contributed by atoms with van der Waals surface area (Å²) < 4.78 is 17.2. The van der Waals surface area contributed by atoms with Crippen LogP contribution in [0.15, 0.2) is 0 Å². The van der Waals surface area contributed by atoms with E-state index in [1.165, 1.54) is 33.0 Å². The van der Waals surface area contributed by atoms with E-state index in [4.69, 9.17) is 14.2 Å². The van der Waals surface area contributed by atoms with Crippen LogP contribution in [0.1, 0.15) is 82.6 Å². The highest BCUT2D eigenvalue weighted by molar-refractivity contribution is 5.94. The second kappa shape index (κ2) is 17.1. The molecule has 0 radical (unpaired) electrons. The molecule has 1 aliphatic heterocycles. The predicted molar refractivity (Wildman–Crippen MR) is 170 cm³/mol. The van der Waals surface area contributed by atoms with E-state index in [-0.39, 0.29) is 12.3 Å². The molecule has 0 aliphatic carbocycles. The molecule has 3 amide bonds. The first-order chi connectivity index (χ1) is 21.1. The van der Waals surface area contributed by atoms with Gasteiger partial charge >= 0.3 is 17.9 Å².